The monoisotopic (exact) mass is 474 g/mol. The van der Waals surface area contributed by atoms with Gasteiger partial charge in [-0.3, -0.25) is 13.9 Å². The Labute approximate surface area is 195 Å². The lowest BCUT2D eigenvalue weighted by Gasteiger charge is -2.17. The Bertz CT molecular complexity index is 1330. The minimum atomic E-state index is -0.354. The summed E-state index contributed by atoms with van der Waals surface area (Å²) in [7, 11) is 4.64. The highest BCUT2D eigenvalue weighted by atomic mass is 35.5. The Kier molecular flexibility index (Phi) is 5.60. The Morgan fingerprint density at radius 1 is 0.909 bits per heavy atom. The molecule has 10 heteroatoms. The molecule has 2 aliphatic carbocycles. The average Bonchev–Trinajstić information content (AvgIpc) is 3.74. The number of imidazole rings is 1. The minimum Gasteiger partial charge on any atom is -0.493 e. The van der Waals surface area contributed by atoms with Gasteiger partial charge >= 0.3 is 5.69 Å². The van der Waals surface area contributed by atoms with Gasteiger partial charge in [0.25, 0.3) is 5.56 Å². The molecule has 2 heterocycles. The Morgan fingerprint density at radius 2 is 1.55 bits per heavy atom. The van der Waals surface area contributed by atoms with Crippen LogP contribution in [0.4, 0.5) is 0 Å². The van der Waals surface area contributed by atoms with E-state index < -0.39 is 0 Å². The van der Waals surface area contributed by atoms with Gasteiger partial charge in [-0.05, 0) is 61.3 Å². The van der Waals surface area contributed by atoms with E-state index in [1.54, 1.807) is 29.4 Å². The zero-order valence-corrected chi connectivity index (χ0v) is 19.7. The van der Waals surface area contributed by atoms with Crippen LogP contribution in [0.3, 0.4) is 0 Å². The highest BCUT2D eigenvalue weighted by Crippen LogP contribution is 2.40. The molecule has 0 spiro atoms. The van der Waals surface area contributed by atoms with Gasteiger partial charge in [-0.15, -0.1) is 0 Å². The number of rotatable bonds is 9. The van der Waals surface area contributed by atoms with Crippen molar-refractivity contribution in [3.63, 3.8) is 0 Å². The van der Waals surface area contributed by atoms with Crippen LogP contribution in [0, 0.1) is 11.8 Å². The highest BCUT2D eigenvalue weighted by Gasteiger charge is 2.30. The summed E-state index contributed by atoms with van der Waals surface area (Å²) in [6, 6.07) is 3.61. The standard InChI is InChI=1S/C23H27ClN4O5/c1-31-16-9-8-15(18(32-2)19(16)33-3)12-26-17-20(25-22(26)24)27(10-13-4-5-13)23(30)28(21(17)29)11-14-6-7-14/h8-9,13-14H,4-7,10-12H2,1-3H3. The summed E-state index contributed by atoms with van der Waals surface area (Å²) in [6.45, 7) is 1.20. The average molecular weight is 475 g/mol. The number of hydrogen-bond acceptors (Lipinski definition) is 6. The fraction of sp³-hybridized carbons (Fsp3) is 0.522. The van der Waals surface area contributed by atoms with Crippen LogP contribution in [0.25, 0.3) is 11.2 Å². The number of benzene rings is 1. The molecule has 0 radical (unpaired) electrons. The number of nitrogens with zero attached hydrogens (tertiary/aromatic N) is 4. The fourth-order valence-corrected chi connectivity index (χ4v) is 4.53. The molecular formula is C23H27ClN4O5. The smallest absolute Gasteiger partial charge is 0.332 e. The lowest BCUT2D eigenvalue weighted by Crippen LogP contribution is -2.41. The first-order chi connectivity index (χ1) is 16.0. The minimum absolute atomic E-state index is 0.145. The van der Waals surface area contributed by atoms with Gasteiger partial charge in [0.05, 0.1) is 27.9 Å². The predicted octanol–water partition coefficient (Wildman–Crippen LogP) is 2.91. The Morgan fingerprint density at radius 3 is 2.12 bits per heavy atom. The summed E-state index contributed by atoms with van der Waals surface area (Å²) in [5.41, 5.74) is 0.764. The van der Waals surface area contributed by atoms with E-state index in [4.69, 9.17) is 25.8 Å². The summed E-state index contributed by atoms with van der Waals surface area (Å²) in [6.07, 6.45) is 4.23. The molecule has 0 aliphatic heterocycles. The first-order valence-electron chi connectivity index (χ1n) is 11.1. The van der Waals surface area contributed by atoms with E-state index in [9.17, 15) is 9.59 Å². The van der Waals surface area contributed by atoms with Crippen molar-refractivity contribution in [1.82, 2.24) is 18.7 Å². The van der Waals surface area contributed by atoms with Gasteiger partial charge in [0.1, 0.15) is 0 Å². The SMILES string of the molecule is COc1ccc(Cn2c(Cl)nc3c2c(=O)n(CC2CC2)c(=O)n3CC2CC2)c(OC)c1OC. The quantitative estimate of drug-likeness (QED) is 0.443. The number of ether oxygens (including phenoxy) is 3. The number of methoxy groups -OCH3 is 3. The van der Waals surface area contributed by atoms with Crippen LogP contribution in [0.2, 0.25) is 5.28 Å². The second kappa shape index (κ2) is 8.44. The molecule has 0 N–H and O–H groups in total. The van der Waals surface area contributed by atoms with E-state index in [2.05, 4.69) is 4.98 Å². The summed E-state index contributed by atoms with van der Waals surface area (Å²) >= 11 is 6.56. The van der Waals surface area contributed by atoms with E-state index in [1.165, 1.54) is 11.7 Å². The zero-order chi connectivity index (χ0) is 23.3. The third kappa shape index (κ3) is 3.88. The van der Waals surface area contributed by atoms with E-state index in [0.717, 1.165) is 31.2 Å². The van der Waals surface area contributed by atoms with Crippen LogP contribution in [-0.4, -0.2) is 40.0 Å². The van der Waals surface area contributed by atoms with Crippen molar-refractivity contribution in [2.45, 2.75) is 45.3 Å². The summed E-state index contributed by atoms with van der Waals surface area (Å²) < 4.78 is 21.1. The molecule has 2 saturated carbocycles. The van der Waals surface area contributed by atoms with Crippen LogP contribution in [0.5, 0.6) is 17.2 Å². The van der Waals surface area contributed by atoms with Gasteiger partial charge < -0.3 is 18.8 Å². The van der Waals surface area contributed by atoms with Crippen molar-refractivity contribution >= 4 is 22.8 Å². The van der Waals surface area contributed by atoms with Gasteiger partial charge in [-0.2, -0.15) is 4.98 Å². The molecule has 0 unspecified atom stereocenters. The number of halogens is 1. The van der Waals surface area contributed by atoms with E-state index in [-0.39, 0.29) is 23.1 Å². The lowest BCUT2D eigenvalue weighted by molar-refractivity contribution is 0.322. The van der Waals surface area contributed by atoms with Gasteiger partial charge in [-0.1, -0.05) is 0 Å². The second-order valence-electron chi connectivity index (χ2n) is 8.83. The zero-order valence-electron chi connectivity index (χ0n) is 19.0. The molecule has 2 aromatic heterocycles. The third-order valence-corrected chi connectivity index (χ3v) is 6.75. The molecule has 0 amide bonds. The first kappa shape index (κ1) is 21.9. The van der Waals surface area contributed by atoms with E-state index >= 15 is 0 Å². The molecular weight excluding hydrogens is 448 g/mol. The fourth-order valence-electron chi connectivity index (χ4n) is 4.31. The van der Waals surface area contributed by atoms with Gasteiger partial charge in [-0.25, -0.2) is 4.79 Å². The third-order valence-electron chi connectivity index (χ3n) is 6.46. The van der Waals surface area contributed by atoms with Crippen LogP contribution in [0.15, 0.2) is 21.7 Å². The van der Waals surface area contributed by atoms with Crippen LogP contribution >= 0.6 is 11.6 Å². The van der Waals surface area contributed by atoms with E-state index in [1.807, 2.05) is 6.07 Å². The summed E-state index contributed by atoms with van der Waals surface area (Å²) in [5.74, 6) is 2.28. The van der Waals surface area contributed by atoms with Crippen LogP contribution < -0.4 is 25.5 Å². The maximum atomic E-state index is 13.5. The molecule has 2 fully saturated rings. The predicted molar refractivity (Wildman–Crippen MR) is 124 cm³/mol. The van der Waals surface area contributed by atoms with Crippen molar-refractivity contribution in [1.29, 1.82) is 0 Å². The molecule has 0 atom stereocenters. The van der Waals surface area contributed by atoms with Crippen molar-refractivity contribution in [2.24, 2.45) is 11.8 Å². The molecule has 176 valence electrons. The summed E-state index contributed by atoms with van der Waals surface area (Å²) in [4.78, 5) is 31.2. The number of fused-ring (bicyclic) bond motifs is 1. The molecule has 3 aromatic rings. The van der Waals surface area contributed by atoms with Crippen molar-refractivity contribution in [3.05, 3.63) is 43.8 Å². The Hall–Kier alpha value is -2.94. The maximum Gasteiger partial charge on any atom is 0.332 e. The number of hydrogen-bond donors (Lipinski definition) is 0. The first-order valence-corrected chi connectivity index (χ1v) is 11.5. The van der Waals surface area contributed by atoms with Gasteiger partial charge in [0.15, 0.2) is 22.7 Å². The molecule has 33 heavy (non-hydrogen) atoms. The van der Waals surface area contributed by atoms with Crippen LogP contribution in [0.1, 0.15) is 31.2 Å². The second-order valence-corrected chi connectivity index (χ2v) is 9.17. The van der Waals surface area contributed by atoms with Crippen molar-refractivity contribution < 1.29 is 14.2 Å². The molecule has 0 saturated heterocycles. The van der Waals surface area contributed by atoms with Crippen molar-refractivity contribution in [3.8, 4) is 17.2 Å². The Balaban J connectivity index is 1.69. The maximum absolute atomic E-state index is 13.5. The number of aromatic nitrogens is 4. The normalized spacial score (nSPS) is 15.8. The molecule has 1 aromatic carbocycles. The lowest BCUT2D eigenvalue weighted by atomic mass is 10.1. The summed E-state index contributed by atoms with van der Waals surface area (Å²) in [5, 5.41) is 0.145. The van der Waals surface area contributed by atoms with Crippen LogP contribution in [-0.2, 0) is 19.6 Å². The molecule has 9 nitrogen and oxygen atoms in total. The molecule has 0 bridgehead atoms. The van der Waals surface area contributed by atoms with E-state index in [0.29, 0.717) is 53.3 Å². The van der Waals surface area contributed by atoms with Gasteiger partial charge in [0, 0.05) is 18.7 Å². The van der Waals surface area contributed by atoms with Gasteiger partial charge in [0.2, 0.25) is 11.0 Å². The highest BCUT2D eigenvalue weighted by molar-refractivity contribution is 6.29. The molecule has 5 rings (SSSR count). The topological polar surface area (TPSA) is 89.5 Å². The van der Waals surface area contributed by atoms with Crippen molar-refractivity contribution in [2.75, 3.05) is 21.3 Å². The largest absolute Gasteiger partial charge is 0.493 e. The molecule has 2 aliphatic rings.